The number of hydrogen-bond donors (Lipinski definition) is 4. The van der Waals surface area contributed by atoms with Gasteiger partial charge < -0.3 is 26.0 Å². The predicted molar refractivity (Wildman–Crippen MR) is 152 cm³/mol. The van der Waals surface area contributed by atoms with Gasteiger partial charge in [-0.05, 0) is 61.3 Å². The van der Waals surface area contributed by atoms with Crippen LogP contribution in [0.15, 0.2) is 30.5 Å². The van der Waals surface area contributed by atoms with E-state index >= 15 is 0 Å². The van der Waals surface area contributed by atoms with Gasteiger partial charge in [0.25, 0.3) is 0 Å². The summed E-state index contributed by atoms with van der Waals surface area (Å²) in [6.07, 6.45) is 3.55. The minimum absolute atomic E-state index is 0.0589. The SMILES string of the molecule is CNC(=O)[C@H]1C[C@@H]2C[C@H](C2(C)C)[C@@]1(C)Nc1nc(Nc2ccc(N3CCN(CCO)CC3)cc2)ncc1Cl. The van der Waals surface area contributed by atoms with E-state index in [1.807, 2.05) is 12.1 Å². The summed E-state index contributed by atoms with van der Waals surface area (Å²) in [6.45, 7) is 11.5. The van der Waals surface area contributed by atoms with E-state index in [0.717, 1.165) is 51.3 Å². The molecule has 0 spiro atoms. The van der Waals surface area contributed by atoms with Gasteiger partial charge in [-0.1, -0.05) is 25.4 Å². The number of amides is 1. The van der Waals surface area contributed by atoms with Gasteiger partial charge >= 0.3 is 0 Å². The lowest BCUT2D eigenvalue weighted by atomic mass is 9.40. The first kappa shape index (κ1) is 27.0. The Morgan fingerprint density at radius 3 is 2.47 bits per heavy atom. The molecule has 6 rings (SSSR count). The summed E-state index contributed by atoms with van der Waals surface area (Å²) in [7, 11) is 1.70. The third kappa shape index (κ3) is 4.92. The fourth-order valence-electron chi connectivity index (χ4n) is 6.96. The third-order valence-electron chi connectivity index (χ3n) is 9.41. The van der Waals surface area contributed by atoms with Crippen LogP contribution in [0.3, 0.4) is 0 Å². The Balaban J connectivity index is 1.29. The van der Waals surface area contributed by atoms with Gasteiger partial charge in [-0.25, -0.2) is 4.98 Å². The molecule has 3 saturated carbocycles. The number of aliphatic hydroxyl groups is 1. The van der Waals surface area contributed by atoms with Crippen molar-refractivity contribution in [3.63, 3.8) is 0 Å². The van der Waals surface area contributed by atoms with Gasteiger partial charge in [-0.2, -0.15) is 4.98 Å². The highest BCUT2D eigenvalue weighted by molar-refractivity contribution is 6.32. The number of anilines is 4. The van der Waals surface area contributed by atoms with E-state index in [1.165, 1.54) is 5.69 Å². The summed E-state index contributed by atoms with van der Waals surface area (Å²) in [5.41, 5.74) is 1.73. The number of rotatable bonds is 8. The predicted octanol–water partition coefficient (Wildman–Crippen LogP) is 3.59. The Morgan fingerprint density at radius 1 is 1.13 bits per heavy atom. The number of nitrogens with one attached hydrogen (secondary N) is 3. The lowest BCUT2D eigenvalue weighted by molar-refractivity contribution is -0.155. The van der Waals surface area contributed by atoms with E-state index in [9.17, 15) is 4.79 Å². The molecule has 2 aromatic rings. The molecule has 4 N–H and O–H groups in total. The summed E-state index contributed by atoms with van der Waals surface area (Å²) in [4.78, 5) is 26.7. The minimum Gasteiger partial charge on any atom is -0.395 e. The molecule has 2 bridgehead atoms. The normalized spacial score (nSPS) is 28.4. The number of halogens is 1. The van der Waals surface area contributed by atoms with Crippen molar-refractivity contribution < 1.29 is 9.90 Å². The monoisotopic (exact) mass is 541 g/mol. The van der Waals surface area contributed by atoms with Crippen LogP contribution in [-0.2, 0) is 4.79 Å². The van der Waals surface area contributed by atoms with Crippen molar-refractivity contribution in [1.29, 1.82) is 0 Å². The maximum Gasteiger partial charge on any atom is 0.229 e. The molecule has 2 heterocycles. The number of carbonyl (C=O) groups excluding carboxylic acids is 1. The van der Waals surface area contributed by atoms with Crippen LogP contribution < -0.4 is 20.9 Å². The van der Waals surface area contributed by atoms with Crippen molar-refractivity contribution in [2.24, 2.45) is 23.2 Å². The molecule has 1 amide bonds. The fraction of sp³-hybridized carbons (Fsp3) is 0.607. The van der Waals surface area contributed by atoms with Crippen LogP contribution in [-0.4, -0.2) is 77.8 Å². The molecule has 9 nitrogen and oxygen atoms in total. The summed E-state index contributed by atoms with van der Waals surface area (Å²) in [5, 5.41) is 19.4. The highest BCUT2D eigenvalue weighted by Gasteiger charge is 2.64. The smallest absolute Gasteiger partial charge is 0.229 e. The lowest BCUT2D eigenvalue weighted by Gasteiger charge is -2.66. The second-order valence-electron chi connectivity index (χ2n) is 11.7. The molecule has 4 fully saturated rings. The molecule has 1 aromatic carbocycles. The standard InChI is InChI=1S/C28H40ClN7O2/c1-27(2)18-15-21(25(38)30-4)28(3,23(27)16-18)34-24-22(29)17-31-26(33-24)32-19-5-7-20(8-6-19)36-11-9-35(10-12-36)13-14-37/h5-8,17-18,21,23,37H,9-16H2,1-4H3,(H,30,38)(H2,31,32,33,34)/t18-,21-,23-,28+/m1/s1. The zero-order valence-electron chi connectivity index (χ0n) is 22.8. The molecule has 0 unspecified atom stereocenters. The fourth-order valence-corrected chi connectivity index (χ4v) is 7.10. The maximum absolute atomic E-state index is 12.9. The average molecular weight is 542 g/mol. The van der Waals surface area contributed by atoms with Crippen molar-refractivity contribution in [1.82, 2.24) is 20.2 Å². The van der Waals surface area contributed by atoms with E-state index in [-0.39, 0.29) is 23.8 Å². The Hall–Kier alpha value is -2.62. The Kier molecular flexibility index (Phi) is 7.46. The van der Waals surface area contributed by atoms with Gasteiger partial charge in [0.2, 0.25) is 11.9 Å². The Bertz CT molecular complexity index is 1150. The summed E-state index contributed by atoms with van der Waals surface area (Å²) in [6, 6.07) is 8.26. The molecular formula is C28H40ClN7O2. The molecular weight excluding hydrogens is 502 g/mol. The largest absolute Gasteiger partial charge is 0.395 e. The number of nitrogens with zero attached hydrogens (tertiary/aromatic N) is 4. The van der Waals surface area contributed by atoms with Crippen LogP contribution in [0.2, 0.25) is 5.02 Å². The second-order valence-corrected chi connectivity index (χ2v) is 12.1. The number of piperazine rings is 1. The first-order chi connectivity index (χ1) is 18.2. The lowest BCUT2D eigenvalue weighted by Crippen LogP contribution is -2.69. The van der Waals surface area contributed by atoms with E-state index in [0.29, 0.717) is 28.6 Å². The first-order valence-corrected chi connectivity index (χ1v) is 14.0. The number of aliphatic hydroxyl groups excluding tert-OH is 1. The zero-order valence-corrected chi connectivity index (χ0v) is 23.6. The molecule has 4 atom stereocenters. The Labute approximate surface area is 230 Å². The number of aromatic nitrogens is 2. The zero-order chi connectivity index (χ0) is 27.1. The van der Waals surface area contributed by atoms with Gasteiger partial charge in [0.15, 0.2) is 5.82 Å². The van der Waals surface area contributed by atoms with Gasteiger partial charge in [0.1, 0.15) is 5.02 Å². The topological polar surface area (TPSA) is 106 Å². The summed E-state index contributed by atoms with van der Waals surface area (Å²) in [5.74, 6) is 1.77. The molecule has 1 aliphatic heterocycles. The molecule has 206 valence electrons. The molecule has 38 heavy (non-hydrogen) atoms. The van der Waals surface area contributed by atoms with Gasteiger partial charge in [-0.15, -0.1) is 0 Å². The van der Waals surface area contributed by atoms with Crippen molar-refractivity contribution in [2.75, 3.05) is 61.9 Å². The van der Waals surface area contributed by atoms with Crippen LogP contribution in [0.25, 0.3) is 0 Å². The maximum atomic E-state index is 12.9. The molecule has 1 aromatic heterocycles. The highest BCUT2D eigenvalue weighted by Crippen LogP contribution is 2.65. The van der Waals surface area contributed by atoms with E-state index in [4.69, 9.17) is 21.7 Å². The van der Waals surface area contributed by atoms with E-state index in [1.54, 1.807) is 13.2 Å². The number of carbonyl (C=O) groups is 1. The van der Waals surface area contributed by atoms with Gasteiger partial charge in [-0.3, -0.25) is 9.69 Å². The van der Waals surface area contributed by atoms with Crippen LogP contribution >= 0.6 is 11.6 Å². The van der Waals surface area contributed by atoms with Crippen LogP contribution in [0.5, 0.6) is 0 Å². The number of fused-ring (bicyclic) bond motifs is 2. The third-order valence-corrected chi connectivity index (χ3v) is 9.69. The van der Waals surface area contributed by atoms with Crippen LogP contribution in [0.4, 0.5) is 23.1 Å². The second kappa shape index (κ2) is 10.5. The van der Waals surface area contributed by atoms with Crippen molar-refractivity contribution in [3.8, 4) is 0 Å². The van der Waals surface area contributed by atoms with Crippen molar-refractivity contribution >= 4 is 40.6 Å². The Morgan fingerprint density at radius 2 is 1.84 bits per heavy atom. The highest BCUT2D eigenvalue weighted by atomic mass is 35.5. The van der Waals surface area contributed by atoms with Crippen LogP contribution in [0, 0.1) is 23.2 Å². The van der Waals surface area contributed by atoms with Crippen molar-refractivity contribution in [2.45, 2.75) is 39.2 Å². The molecule has 3 aliphatic carbocycles. The quantitative estimate of drug-likeness (QED) is 0.402. The van der Waals surface area contributed by atoms with E-state index in [2.05, 4.69) is 63.6 Å². The number of β-amino-alcohol motifs (C(OH)–C–C–N with tert-alkyl or cyclic N) is 1. The number of hydrogen-bond acceptors (Lipinski definition) is 8. The van der Waals surface area contributed by atoms with Crippen LogP contribution in [0.1, 0.15) is 33.6 Å². The van der Waals surface area contributed by atoms with Crippen molar-refractivity contribution in [3.05, 3.63) is 35.5 Å². The summed E-state index contributed by atoms with van der Waals surface area (Å²) >= 11 is 6.57. The molecule has 10 heteroatoms. The molecule has 4 aliphatic rings. The average Bonchev–Trinajstić information content (AvgIpc) is 2.91. The summed E-state index contributed by atoms with van der Waals surface area (Å²) < 4.78 is 0. The number of benzene rings is 1. The minimum atomic E-state index is -0.476. The first-order valence-electron chi connectivity index (χ1n) is 13.6. The van der Waals surface area contributed by atoms with Gasteiger partial charge in [0.05, 0.1) is 24.3 Å². The molecule has 1 saturated heterocycles. The van der Waals surface area contributed by atoms with E-state index < -0.39 is 5.54 Å². The van der Waals surface area contributed by atoms with Gasteiger partial charge in [0, 0.05) is 51.1 Å². The molecule has 0 radical (unpaired) electrons.